The average molecular weight is 335 g/mol. The Morgan fingerprint density at radius 3 is 2.71 bits per heavy atom. The van der Waals surface area contributed by atoms with E-state index in [1.165, 1.54) is 6.07 Å². The summed E-state index contributed by atoms with van der Waals surface area (Å²) >= 11 is 0. The highest BCUT2D eigenvalue weighted by molar-refractivity contribution is 5.74. The second-order valence-corrected chi connectivity index (χ2v) is 6.68. The van der Waals surface area contributed by atoms with Gasteiger partial charge < -0.3 is 20.3 Å². The van der Waals surface area contributed by atoms with Crippen LogP contribution in [0.5, 0.6) is 0 Å². The first-order valence-electron chi connectivity index (χ1n) is 8.81. The minimum Gasteiger partial charge on any atom is -0.380 e. The summed E-state index contributed by atoms with van der Waals surface area (Å²) in [6.45, 7) is 4.14. The molecule has 0 radical (unpaired) electrons. The van der Waals surface area contributed by atoms with Gasteiger partial charge in [-0.3, -0.25) is 0 Å². The zero-order valence-corrected chi connectivity index (χ0v) is 14.1. The van der Waals surface area contributed by atoms with Crippen molar-refractivity contribution in [3.8, 4) is 0 Å². The number of rotatable bonds is 4. The number of likely N-dealkylation sites (tertiary alicyclic amines) is 1. The van der Waals surface area contributed by atoms with Gasteiger partial charge >= 0.3 is 6.03 Å². The number of nitrogens with zero attached hydrogens (tertiary/aromatic N) is 1. The highest BCUT2D eigenvalue weighted by Gasteiger charge is 2.27. The van der Waals surface area contributed by atoms with Crippen molar-refractivity contribution in [1.29, 1.82) is 0 Å². The molecule has 0 bridgehead atoms. The van der Waals surface area contributed by atoms with Gasteiger partial charge in [-0.15, -0.1) is 0 Å². The van der Waals surface area contributed by atoms with E-state index in [9.17, 15) is 9.18 Å². The molecule has 2 fully saturated rings. The van der Waals surface area contributed by atoms with Gasteiger partial charge in [0.25, 0.3) is 0 Å². The number of para-hydroxylation sites is 1. The van der Waals surface area contributed by atoms with Gasteiger partial charge in [0.15, 0.2) is 0 Å². The molecule has 0 spiro atoms. The summed E-state index contributed by atoms with van der Waals surface area (Å²) in [7, 11) is 0. The van der Waals surface area contributed by atoms with Crippen LogP contribution in [0.4, 0.5) is 14.9 Å². The molecule has 2 amide bonds. The van der Waals surface area contributed by atoms with E-state index in [2.05, 4.69) is 10.6 Å². The van der Waals surface area contributed by atoms with E-state index in [1.807, 2.05) is 17.9 Å². The molecule has 0 saturated carbocycles. The molecule has 2 N–H and O–H groups in total. The lowest BCUT2D eigenvalue weighted by Gasteiger charge is -2.34. The van der Waals surface area contributed by atoms with E-state index in [-0.39, 0.29) is 30.0 Å². The number of carbonyl (C=O) groups excluding carboxylic acids is 1. The second-order valence-electron chi connectivity index (χ2n) is 6.68. The minimum absolute atomic E-state index is 0.0256. The lowest BCUT2D eigenvalue weighted by molar-refractivity contribution is 0.0825. The van der Waals surface area contributed by atoms with Gasteiger partial charge in [-0.1, -0.05) is 12.1 Å². The third kappa shape index (κ3) is 4.17. The van der Waals surface area contributed by atoms with Gasteiger partial charge in [0.2, 0.25) is 0 Å². The summed E-state index contributed by atoms with van der Waals surface area (Å²) in [6, 6.07) is 6.91. The summed E-state index contributed by atoms with van der Waals surface area (Å²) < 4.78 is 19.3. The molecule has 1 aromatic rings. The monoisotopic (exact) mass is 335 g/mol. The second kappa shape index (κ2) is 7.83. The fourth-order valence-corrected chi connectivity index (χ4v) is 3.40. The molecule has 6 heteroatoms. The van der Waals surface area contributed by atoms with Crippen molar-refractivity contribution in [1.82, 2.24) is 10.2 Å². The number of urea groups is 1. The van der Waals surface area contributed by atoms with Gasteiger partial charge in [-0.05, 0) is 44.7 Å². The Morgan fingerprint density at radius 1 is 1.29 bits per heavy atom. The number of nitrogens with one attached hydrogen (secondary N) is 2. The highest BCUT2D eigenvalue weighted by Crippen LogP contribution is 2.20. The number of anilines is 1. The Labute approximate surface area is 142 Å². The number of halogens is 1. The van der Waals surface area contributed by atoms with Crippen LogP contribution >= 0.6 is 0 Å². The number of piperidine rings is 1. The maximum atomic E-state index is 13.7. The maximum Gasteiger partial charge on any atom is 0.317 e. The van der Waals surface area contributed by atoms with Crippen LogP contribution in [0.2, 0.25) is 0 Å². The predicted octanol–water partition coefficient (Wildman–Crippen LogP) is 2.98. The lowest BCUT2D eigenvalue weighted by Crippen LogP contribution is -2.51. The van der Waals surface area contributed by atoms with E-state index >= 15 is 0 Å². The van der Waals surface area contributed by atoms with Crippen molar-refractivity contribution in [3.63, 3.8) is 0 Å². The Bertz CT molecular complexity index is 555. The third-order valence-corrected chi connectivity index (χ3v) is 4.89. The van der Waals surface area contributed by atoms with E-state index in [4.69, 9.17) is 4.74 Å². The van der Waals surface area contributed by atoms with E-state index in [0.717, 1.165) is 32.3 Å². The summed E-state index contributed by atoms with van der Waals surface area (Å²) in [4.78, 5) is 14.2. The van der Waals surface area contributed by atoms with Crippen molar-refractivity contribution in [2.24, 2.45) is 0 Å². The largest absolute Gasteiger partial charge is 0.380 e. The quantitative estimate of drug-likeness (QED) is 0.889. The molecule has 2 aliphatic rings. The molecule has 2 aliphatic heterocycles. The summed E-state index contributed by atoms with van der Waals surface area (Å²) in [6.07, 6.45) is 3.84. The molecule has 0 aliphatic carbocycles. The van der Waals surface area contributed by atoms with Crippen LogP contribution in [0, 0.1) is 5.82 Å². The van der Waals surface area contributed by atoms with Gasteiger partial charge in [0, 0.05) is 25.7 Å². The first-order chi connectivity index (χ1) is 11.6. The summed E-state index contributed by atoms with van der Waals surface area (Å²) in [5.41, 5.74) is 0.535. The first-order valence-corrected chi connectivity index (χ1v) is 8.81. The molecule has 0 unspecified atom stereocenters. The molecule has 3 rings (SSSR count). The smallest absolute Gasteiger partial charge is 0.317 e. The van der Waals surface area contributed by atoms with Gasteiger partial charge in [0.1, 0.15) is 5.82 Å². The van der Waals surface area contributed by atoms with Crippen LogP contribution in [-0.4, -0.2) is 48.8 Å². The van der Waals surface area contributed by atoms with Crippen molar-refractivity contribution in [2.75, 3.05) is 25.0 Å². The molecule has 2 saturated heterocycles. The SMILES string of the molecule is C[C@H](NC(=O)N1CCC(Nc2ccccc2F)CC1)[C@@H]1CCCO1. The molecular formula is C18H26FN3O2. The highest BCUT2D eigenvalue weighted by atomic mass is 19.1. The number of hydrogen-bond donors (Lipinski definition) is 2. The molecule has 24 heavy (non-hydrogen) atoms. The molecule has 2 heterocycles. The van der Waals surface area contributed by atoms with Crippen LogP contribution in [-0.2, 0) is 4.74 Å². The Hall–Kier alpha value is -1.82. The van der Waals surface area contributed by atoms with Crippen LogP contribution < -0.4 is 10.6 Å². The van der Waals surface area contributed by atoms with Gasteiger partial charge in [-0.25, -0.2) is 9.18 Å². The number of carbonyl (C=O) groups is 1. The lowest BCUT2D eigenvalue weighted by atomic mass is 10.0. The number of ether oxygens (including phenoxy) is 1. The normalized spacial score (nSPS) is 23.1. The summed E-state index contributed by atoms with van der Waals surface area (Å²) in [5, 5.41) is 6.29. The van der Waals surface area contributed by atoms with Gasteiger partial charge in [-0.2, -0.15) is 0 Å². The third-order valence-electron chi connectivity index (χ3n) is 4.89. The summed E-state index contributed by atoms with van der Waals surface area (Å²) in [5.74, 6) is -0.233. The molecule has 0 aromatic heterocycles. The zero-order valence-electron chi connectivity index (χ0n) is 14.1. The zero-order chi connectivity index (χ0) is 16.9. The van der Waals surface area contributed by atoms with Crippen LogP contribution in [0.15, 0.2) is 24.3 Å². The fourth-order valence-electron chi connectivity index (χ4n) is 3.40. The topological polar surface area (TPSA) is 53.6 Å². The Morgan fingerprint density at radius 2 is 2.04 bits per heavy atom. The first kappa shape index (κ1) is 17.0. The molecule has 1 aromatic carbocycles. The van der Waals surface area contributed by atoms with Crippen molar-refractivity contribution < 1.29 is 13.9 Å². The standard InChI is InChI=1S/C18H26FN3O2/c1-13(17-7-4-12-24-17)20-18(23)22-10-8-14(9-11-22)21-16-6-3-2-5-15(16)19/h2-3,5-6,13-14,17,21H,4,7-12H2,1H3,(H,20,23)/t13-,17-/m0/s1. The Balaban J connectivity index is 1.44. The number of amides is 2. The fraction of sp³-hybridized carbons (Fsp3) is 0.611. The number of hydrogen-bond acceptors (Lipinski definition) is 3. The maximum absolute atomic E-state index is 13.7. The molecule has 5 nitrogen and oxygen atoms in total. The predicted molar refractivity (Wildman–Crippen MR) is 91.6 cm³/mol. The van der Waals surface area contributed by atoms with Crippen LogP contribution in [0.3, 0.4) is 0 Å². The number of benzene rings is 1. The van der Waals surface area contributed by atoms with E-state index in [1.54, 1.807) is 12.1 Å². The average Bonchev–Trinajstić information content (AvgIpc) is 3.12. The van der Waals surface area contributed by atoms with E-state index in [0.29, 0.717) is 18.8 Å². The molecule has 132 valence electrons. The molecular weight excluding hydrogens is 309 g/mol. The van der Waals surface area contributed by atoms with Crippen LogP contribution in [0.25, 0.3) is 0 Å². The van der Waals surface area contributed by atoms with Crippen molar-refractivity contribution in [2.45, 2.75) is 50.8 Å². The van der Waals surface area contributed by atoms with Crippen LogP contribution in [0.1, 0.15) is 32.6 Å². The van der Waals surface area contributed by atoms with E-state index < -0.39 is 0 Å². The van der Waals surface area contributed by atoms with Crippen molar-refractivity contribution in [3.05, 3.63) is 30.1 Å². The Kier molecular flexibility index (Phi) is 5.56. The van der Waals surface area contributed by atoms with Crippen molar-refractivity contribution >= 4 is 11.7 Å². The molecule has 2 atom stereocenters. The minimum atomic E-state index is -0.233. The van der Waals surface area contributed by atoms with Gasteiger partial charge in [0.05, 0.1) is 17.8 Å².